The van der Waals surface area contributed by atoms with Gasteiger partial charge in [-0.25, -0.2) is 0 Å². The maximum Gasteiger partial charge on any atom is 0.00951 e. The summed E-state index contributed by atoms with van der Waals surface area (Å²) in [5.41, 5.74) is 0. The lowest BCUT2D eigenvalue weighted by molar-refractivity contribution is 0.256. The third kappa shape index (κ3) is 5.34. The Balaban J connectivity index is 2.14. The molecule has 1 aliphatic rings. The first-order chi connectivity index (χ1) is 7.59. The molecular weight excluding hydrogens is 194 g/mol. The highest BCUT2D eigenvalue weighted by molar-refractivity contribution is 4.80. The molecule has 1 N–H and O–H groups in total. The molecule has 16 heavy (non-hydrogen) atoms. The van der Waals surface area contributed by atoms with Gasteiger partial charge in [-0.05, 0) is 38.0 Å². The molecule has 1 rings (SSSR count). The first-order valence-corrected chi connectivity index (χ1v) is 7.35. The maximum atomic E-state index is 3.84. The largest absolute Gasteiger partial charge is 0.311 e. The van der Waals surface area contributed by atoms with Crippen LogP contribution < -0.4 is 5.32 Å². The quantitative estimate of drug-likeness (QED) is 0.708. The summed E-state index contributed by atoms with van der Waals surface area (Å²) in [6.07, 6.45) is 9.81. The Labute approximate surface area is 102 Å². The van der Waals surface area contributed by atoms with Gasteiger partial charge < -0.3 is 5.32 Å². The summed E-state index contributed by atoms with van der Waals surface area (Å²) in [4.78, 5) is 0. The fraction of sp³-hybridized carbons (Fsp3) is 1.00. The van der Waals surface area contributed by atoms with Crippen LogP contribution in [0, 0.1) is 11.8 Å². The highest BCUT2D eigenvalue weighted by Crippen LogP contribution is 2.24. The van der Waals surface area contributed by atoms with E-state index in [1.807, 2.05) is 0 Å². The molecule has 0 saturated heterocycles. The van der Waals surface area contributed by atoms with Crippen LogP contribution in [0.5, 0.6) is 0 Å². The molecule has 96 valence electrons. The standard InChI is InChI=1S/C15H31N/c1-12(2)8-7-10-14(4)16-15-11-6-5-9-13(15)3/h12-16H,5-11H2,1-4H3. The smallest absolute Gasteiger partial charge is 0.00951 e. The molecule has 1 aliphatic carbocycles. The van der Waals surface area contributed by atoms with Crippen LogP contribution in [0.15, 0.2) is 0 Å². The fourth-order valence-corrected chi connectivity index (χ4v) is 2.84. The van der Waals surface area contributed by atoms with E-state index < -0.39 is 0 Å². The molecule has 0 heterocycles. The van der Waals surface area contributed by atoms with E-state index in [1.165, 1.54) is 44.9 Å². The molecule has 1 nitrogen and oxygen atoms in total. The molecule has 1 heteroatoms. The van der Waals surface area contributed by atoms with Crippen LogP contribution in [0.3, 0.4) is 0 Å². The lowest BCUT2D eigenvalue weighted by Gasteiger charge is -2.32. The van der Waals surface area contributed by atoms with Crippen molar-refractivity contribution in [1.29, 1.82) is 0 Å². The minimum atomic E-state index is 0.712. The predicted molar refractivity (Wildman–Crippen MR) is 72.7 cm³/mol. The third-order valence-corrected chi connectivity index (χ3v) is 4.03. The van der Waals surface area contributed by atoms with Gasteiger partial charge in [0.15, 0.2) is 0 Å². The van der Waals surface area contributed by atoms with Gasteiger partial charge in [0.05, 0.1) is 0 Å². The minimum Gasteiger partial charge on any atom is -0.311 e. The molecule has 3 atom stereocenters. The van der Waals surface area contributed by atoms with Crippen molar-refractivity contribution in [2.75, 3.05) is 0 Å². The maximum absolute atomic E-state index is 3.84. The van der Waals surface area contributed by atoms with Crippen LogP contribution in [0.1, 0.15) is 72.6 Å². The van der Waals surface area contributed by atoms with Crippen molar-refractivity contribution in [1.82, 2.24) is 5.32 Å². The average Bonchev–Trinajstić information content (AvgIpc) is 2.21. The van der Waals surface area contributed by atoms with Gasteiger partial charge in [-0.3, -0.25) is 0 Å². The topological polar surface area (TPSA) is 12.0 Å². The van der Waals surface area contributed by atoms with Crippen LogP contribution >= 0.6 is 0 Å². The Morgan fingerprint density at radius 2 is 1.75 bits per heavy atom. The molecular formula is C15H31N. The lowest BCUT2D eigenvalue weighted by Crippen LogP contribution is -2.42. The first-order valence-electron chi connectivity index (χ1n) is 7.35. The summed E-state index contributed by atoms with van der Waals surface area (Å²) < 4.78 is 0. The predicted octanol–water partition coefficient (Wildman–Crippen LogP) is 4.37. The van der Waals surface area contributed by atoms with Crippen molar-refractivity contribution in [2.24, 2.45) is 11.8 Å². The van der Waals surface area contributed by atoms with E-state index in [-0.39, 0.29) is 0 Å². The van der Waals surface area contributed by atoms with Crippen molar-refractivity contribution in [3.63, 3.8) is 0 Å². The first kappa shape index (κ1) is 14.0. The zero-order valence-corrected chi connectivity index (χ0v) is 11.8. The van der Waals surface area contributed by atoms with Gasteiger partial charge in [0.1, 0.15) is 0 Å². The second-order valence-corrected chi connectivity index (χ2v) is 6.26. The molecule has 0 amide bonds. The van der Waals surface area contributed by atoms with Gasteiger partial charge in [0.2, 0.25) is 0 Å². The van der Waals surface area contributed by atoms with Gasteiger partial charge in [-0.1, -0.05) is 46.5 Å². The highest BCUT2D eigenvalue weighted by atomic mass is 14.9. The molecule has 3 unspecified atom stereocenters. The van der Waals surface area contributed by atoms with Crippen LogP contribution in [0.2, 0.25) is 0 Å². The molecule has 1 fully saturated rings. The van der Waals surface area contributed by atoms with Gasteiger partial charge in [0.25, 0.3) is 0 Å². The Morgan fingerprint density at radius 3 is 2.38 bits per heavy atom. The number of nitrogens with one attached hydrogen (secondary N) is 1. The van der Waals surface area contributed by atoms with Crippen LogP contribution in [0.4, 0.5) is 0 Å². The van der Waals surface area contributed by atoms with Crippen LogP contribution in [0.25, 0.3) is 0 Å². The summed E-state index contributed by atoms with van der Waals surface area (Å²) in [5.74, 6) is 1.75. The van der Waals surface area contributed by atoms with E-state index in [2.05, 4.69) is 33.0 Å². The van der Waals surface area contributed by atoms with Crippen molar-refractivity contribution in [3.8, 4) is 0 Å². The zero-order chi connectivity index (χ0) is 12.0. The number of hydrogen-bond acceptors (Lipinski definition) is 1. The third-order valence-electron chi connectivity index (χ3n) is 4.03. The Kier molecular flexibility index (Phi) is 6.41. The Morgan fingerprint density at radius 1 is 1.06 bits per heavy atom. The molecule has 0 aliphatic heterocycles. The monoisotopic (exact) mass is 225 g/mol. The summed E-state index contributed by atoms with van der Waals surface area (Å²) in [7, 11) is 0. The number of hydrogen-bond donors (Lipinski definition) is 1. The molecule has 0 aromatic rings. The van der Waals surface area contributed by atoms with Crippen LogP contribution in [-0.4, -0.2) is 12.1 Å². The lowest BCUT2D eigenvalue weighted by atomic mass is 9.85. The summed E-state index contributed by atoms with van der Waals surface area (Å²) in [5, 5.41) is 3.84. The molecule has 0 bridgehead atoms. The van der Waals surface area contributed by atoms with Crippen molar-refractivity contribution in [3.05, 3.63) is 0 Å². The minimum absolute atomic E-state index is 0.712. The normalized spacial score (nSPS) is 28.3. The Hall–Kier alpha value is -0.0400. The second-order valence-electron chi connectivity index (χ2n) is 6.26. The van der Waals surface area contributed by atoms with E-state index in [9.17, 15) is 0 Å². The van der Waals surface area contributed by atoms with E-state index in [4.69, 9.17) is 0 Å². The van der Waals surface area contributed by atoms with E-state index >= 15 is 0 Å². The van der Waals surface area contributed by atoms with Crippen molar-refractivity contribution in [2.45, 2.75) is 84.7 Å². The second kappa shape index (κ2) is 7.32. The van der Waals surface area contributed by atoms with Crippen molar-refractivity contribution < 1.29 is 0 Å². The highest BCUT2D eigenvalue weighted by Gasteiger charge is 2.21. The molecule has 1 saturated carbocycles. The zero-order valence-electron chi connectivity index (χ0n) is 11.8. The average molecular weight is 225 g/mol. The van der Waals surface area contributed by atoms with Gasteiger partial charge in [0, 0.05) is 12.1 Å². The summed E-state index contributed by atoms with van der Waals surface area (Å²) in [6.45, 7) is 9.42. The summed E-state index contributed by atoms with van der Waals surface area (Å²) in [6, 6.07) is 1.51. The van der Waals surface area contributed by atoms with Crippen LogP contribution in [-0.2, 0) is 0 Å². The van der Waals surface area contributed by atoms with Crippen molar-refractivity contribution >= 4 is 0 Å². The van der Waals surface area contributed by atoms with E-state index in [0.29, 0.717) is 6.04 Å². The Bertz CT molecular complexity index is 176. The number of rotatable bonds is 6. The van der Waals surface area contributed by atoms with Gasteiger partial charge in [-0.2, -0.15) is 0 Å². The SMILES string of the molecule is CC(C)CCCC(C)NC1CCCCC1C. The van der Waals surface area contributed by atoms with E-state index in [1.54, 1.807) is 0 Å². The molecule has 0 spiro atoms. The van der Waals surface area contributed by atoms with Gasteiger partial charge in [-0.15, -0.1) is 0 Å². The van der Waals surface area contributed by atoms with E-state index in [0.717, 1.165) is 17.9 Å². The molecule has 0 aromatic carbocycles. The summed E-state index contributed by atoms with van der Waals surface area (Å²) >= 11 is 0. The van der Waals surface area contributed by atoms with Gasteiger partial charge >= 0.3 is 0 Å². The molecule has 0 radical (unpaired) electrons. The fourth-order valence-electron chi connectivity index (χ4n) is 2.84. The molecule has 0 aromatic heterocycles.